The first-order valence-electron chi connectivity index (χ1n) is 7.84. The average molecular weight is 306 g/mol. The van der Waals surface area contributed by atoms with Gasteiger partial charge < -0.3 is 10.0 Å². The molecule has 22 heavy (non-hydrogen) atoms. The summed E-state index contributed by atoms with van der Waals surface area (Å²) in [7, 11) is 0. The highest BCUT2D eigenvalue weighted by Gasteiger charge is 2.31. The highest BCUT2D eigenvalue weighted by atomic mass is 16.4. The zero-order valence-corrected chi connectivity index (χ0v) is 13.7. The van der Waals surface area contributed by atoms with E-state index in [0.717, 1.165) is 12.0 Å². The van der Waals surface area contributed by atoms with E-state index in [1.807, 2.05) is 51.1 Å². The number of rotatable bonds is 9. The number of likely N-dealkylation sites (N-methyl/N-ethyl adjacent to an activating group) is 1. The van der Waals surface area contributed by atoms with E-state index in [-0.39, 0.29) is 12.5 Å². The van der Waals surface area contributed by atoms with Crippen LogP contribution in [0.4, 0.5) is 0 Å². The fourth-order valence-electron chi connectivity index (χ4n) is 2.61. The molecule has 5 nitrogen and oxygen atoms in total. The van der Waals surface area contributed by atoms with Gasteiger partial charge in [0.1, 0.15) is 6.04 Å². The van der Waals surface area contributed by atoms with Gasteiger partial charge in [0, 0.05) is 13.1 Å². The second-order valence-electron chi connectivity index (χ2n) is 5.19. The number of nitrogens with zero attached hydrogens (tertiary/aromatic N) is 2. The lowest BCUT2D eigenvalue weighted by molar-refractivity contribution is -0.142. The van der Waals surface area contributed by atoms with Crippen LogP contribution in [0.15, 0.2) is 30.3 Å². The van der Waals surface area contributed by atoms with Gasteiger partial charge in [-0.1, -0.05) is 37.3 Å². The number of hydrogen-bond acceptors (Lipinski definition) is 3. The molecule has 0 aliphatic rings. The Morgan fingerprint density at radius 1 is 1.09 bits per heavy atom. The van der Waals surface area contributed by atoms with E-state index in [1.165, 1.54) is 0 Å². The Morgan fingerprint density at radius 3 is 2.14 bits per heavy atom. The van der Waals surface area contributed by atoms with Crippen LogP contribution in [0.3, 0.4) is 0 Å². The van der Waals surface area contributed by atoms with Crippen molar-refractivity contribution in [1.82, 2.24) is 9.80 Å². The quantitative estimate of drug-likeness (QED) is 0.761. The molecule has 0 aliphatic heterocycles. The zero-order chi connectivity index (χ0) is 16.5. The predicted molar refractivity (Wildman–Crippen MR) is 86.6 cm³/mol. The van der Waals surface area contributed by atoms with E-state index < -0.39 is 12.0 Å². The molecule has 0 heterocycles. The standard InChI is InChI=1S/C17H26N2O3/c1-4-12-19(13-15(20)21)16(14-10-8-7-9-11-14)17(22)18(5-2)6-3/h7-11,16H,4-6,12-13H2,1-3H3,(H,20,21). The molecule has 1 N–H and O–H groups in total. The molecule has 0 saturated carbocycles. The maximum absolute atomic E-state index is 12.9. The molecule has 0 saturated heterocycles. The van der Waals surface area contributed by atoms with Gasteiger partial charge in [-0.05, 0) is 32.4 Å². The summed E-state index contributed by atoms with van der Waals surface area (Å²) in [5.41, 5.74) is 0.842. The average Bonchev–Trinajstić information content (AvgIpc) is 2.49. The van der Waals surface area contributed by atoms with E-state index >= 15 is 0 Å². The van der Waals surface area contributed by atoms with Crippen molar-refractivity contribution in [3.8, 4) is 0 Å². The Balaban J connectivity index is 3.19. The van der Waals surface area contributed by atoms with Crippen molar-refractivity contribution in [3.05, 3.63) is 35.9 Å². The van der Waals surface area contributed by atoms with Crippen LogP contribution in [0.5, 0.6) is 0 Å². The van der Waals surface area contributed by atoms with Crippen molar-refractivity contribution in [1.29, 1.82) is 0 Å². The van der Waals surface area contributed by atoms with Gasteiger partial charge in [0.25, 0.3) is 0 Å². The van der Waals surface area contributed by atoms with E-state index in [1.54, 1.807) is 9.80 Å². The van der Waals surface area contributed by atoms with E-state index in [9.17, 15) is 14.7 Å². The van der Waals surface area contributed by atoms with Crippen molar-refractivity contribution < 1.29 is 14.7 Å². The number of carbonyl (C=O) groups excluding carboxylic acids is 1. The molecule has 0 spiro atoms. The third-order valence-electron chi connectivity index (χ3n) is 3.64. The molecule has 5 heteroatoms. The molecule has 0 radical (unpaired) electrons. The molecule has 0 aromatic heterocycles. The molecule has 1 aromatic carbocycles. The first-order valence-corrected chi connectivity index (χ1v) is 7.84. The van der Waals surface area contributed by atoms with Crippen molar-refractivity contribution in [2.75, 3.05) is 26.2 Å². The summed E-state index contributed by atoms with van der Waals surface area (Å²) in [6, 6.07) is 8.87. The van der Waals surface area contributed by atoms with E-state index in [2.05, 4.69) is 0 Å². The summed E-state index contributed by atoms with van der Waals surface area (Å²) in [5.74, 6) is -0.951. The monoisotopic (exact) mass is 306 g/mol. The summed E-state index contributed by atoms with van der Waals surface area (Å²) in [4.78, 5) is 27.6. The molecule has 1 aromatic rings. The number of carboxylic acid groups (broad SMARTS) is 1. The normalized spacial score (nSPS) is 12.2. The van der Waals surface area contributed by atoms with Crippen LogP contribution in [0, 0.1) is 0 Å². The second kappa shape index (κ2) is 9.20. The summed E-state index contributed by atoms with van der Waals surface area (Å²) < 4.78 is 0. The zero-order valence-electron chi connectivity index (χ0n) is 13.7. The summed E-state index contributed by atoms with van der Waals surface area (Å²) >= 11 is 0. The van der Waals surface area contributed by atoms with Gasteiger partial charge >= 0.3 is 5.97 Å². The van der Waals surface area contributed by atoms with Gasteiger partial charge in [-0.15, -0.1) is 0 Å². The smallest absolute Gasteiger partial charge is 0.317 e. The number of aliphatic carboxylic acids is 1. The van der Waals surface area contributed by atoms with Crippen LogP contribution in [0.1, 0.15) is 38.8 Å². The van der Waals surface area contributed by atoms with Gasteiger partial charge in [-0.3, -0.25) is 14.5 Å². The molecule has 1 atom stereocenters. The molecule has 0 bridgehead atoms. The fraction of sp³-hybridized carbons (Fsp3) is 0.529. The lowest BCUT2D eigenvalue weighted by atomic mass is 10.0. The molecule has 122 valence electrons. The van der Waals surface area contributed by atoms with E-state index in [0.29, 0.717) is 19.6 Å². The molecular formula is C17H26N2O3. The van der Waals surface area contributed by atoms with E-state index in [4.69, 9.17) is 0 Å². The molecule has 1 rings (SSSR count). The maximum Gasteiger partial charge on any atom is 0.317 e. The lowest BCUT2D eigenvalue weighted by Crippen LogP contribution is -2.45. The van der Waals surface area contributed by atoms with Gasteiger partial charge in [0.15, 0.2) is 0 Å². The lowest BCUT2D eigenvalue weighted by Gasteiger charge is -2.33. The molecular weight excluding hydrogens is 280 g/mol. The first-order chi connectivity index (χ1) is 10.5. The van der Waals surface area contributed by atoms with Crippen LogP contribution >= 0.6 is 0 Å². The topological polar surface area (TPSA) is 60.9 Å². The van der Waals surface area contributed by atoms with Gasteiger partial charge in [0.05, 0.1) is 6.54 Å². The van der Waals surface area contributed by atoms with Gasteiger partial charge in [0.2, 0.25) is 5.91 Å². The SMILES string of the molecule is CCCN(CC(=O)O)C(C(=O)N(CC)CC)c1ccccc1. The summed E-state index contributed by atoms with van der Waals surface area (Å²) in [6.45, 7) is 7.52. The number of carboxylic acids is 1. The van der Waals surface area contributed by atoms with Crippen LogP contribution in [0.25, 0.3) is 0 Å². The van der Waals surface area contributed by atoms with Gasteiger partial charge in [-0.25, -0.2) is 0 Å². The van der Waals surface area contributed by atoms with Crippen LogP contribution < -0.4 is 0 Å². The molecule has 1 amide bonds. The number of amides is 1. The molecule has 0 fully saturated rings. The van der Waals surface area contributed by atoms with Crippen LogP contribution in [0.2, 0.25) is 0 Å². The van der Waals surface area contributed by atoms with Gasteiger partial charge in [-0.2, -0.15) is 0 Å². The van der Waals surface area contributed by atoms with Crippen LogP contribution in [-0.4, -0.2) is 53.0 Å². The number of benzene rings is 1. The van der Waals surface area contributed by atoms with Crippen molar-refractivity contribution in [2.24, 2.45) is 0 Å². The van der Waals surface area contributed by atoms with Crippen molar-refractivity contribution in [2.45, 2.75) is 33.2 Å². The second-order valence-corrected chi connectivity index (χ2v) is 5.19. The Kier molecular flexibility index (Phi) is 7.60. The van der Waals surface area contributed by atoms with Crippen molar-refractivity contribution >= 4 is 11.9 Å². The third-order valence-corrected chi connectivity index (χ3v) is 3.64. The third kappa shape index (κ3) is 4.84. The molecule has 0 aliphatic carbocycles. The fourth-order valence-corrected chi connectivity index (χ4v) is 2.61. The first kappa shape index (κ1) is 18.2. The summed E-state index contributed by atoms with van der Waals surface area (Å²) in [5, 5.41) is 9.17. The number of hydrogen-bond donors (Lipinski definition) is 1. The minimum absolute atomic E-state index is 0.0362. The Morgan fingerprint density at radius 2 is 1.68 bits per heavy atom. The Labute approximate surface area is 132 Å². The minimum Gasteiger partial charge on any atom is -0.480 e. The number of carbonyl (C=O) groups is 2. The summed E-state index contributed by atoms with van der Waals surface area (Å²) in [6.07, 6.45) is 0.794. The Bertz CT molecular complexity index is 472. The Hall–Kier alpha value is -1.88. The highest BCUT2D eigenvalue weighted by molar-refractivity contribution is 5.84. The largest absolute Gasteiger partial charge is 0.480 e. The van der Waals surface area contributed by atoms with Crippen LogP contribution in [-0.2, 0) is 9.59 Å². The predicted octanol–water partition coefficient (Wildman–Crippen LogP) is 2.39. The highest BCUT2D eigenvalue weighted by Crippen LogP contribution is 2.23. The maximum atomic E-state index is 12.9. The van der Waals surface area contributed by atoms with Crippen molar-refractivity contribution in [3.63, 3.8) is 0 Å². The molecule has 1 unspecified atom stereocenters. The minimum atomic E-state index is -0.915.